The van der Waals surface area contributed by atoms with Crippen LogP contribution in [0.4, 0.5) is 20.6 Å². The molecule has 3 amide bonds. The number of carbonyl (C=O) groups excluding carboxylic acids is 2. The Morgan fingerprint density at radius 2 is 1.85 bits per heavy atom. The van der Waals surface area contributed by atoms with Crippen LogP contribution in [-0.2, 0) is 0 Å². The number of pyridine rings is 1. The van der Waals surface area contributed by atoms with E-state index in [0.717, 1.165) is 5.06 Å². The van der Waals surface area contributed by atoms with E-state index in [1.54, 1.807) is 48.6 Å². The highest BCUT2D eigenvalue weighted by molar-refractivity contribution is 5.91. The fraction of sp³-hybridized carbons (Fsp3) is 0.160. The molecule has 1 aromatic heterocycles. The van der Waals surface area contributed by atoms with Gasteiger partial charge in [-0.3, -0.25) is 20.0 Å². The van der Waals surface area contributed by atoms with Gasteiger partial charge in [-0.1, -0.05) is 44.2 Å². The molecule has 0 spiro atoms. The van der Waals surface area contributed by atoms with Crippen molar-refractivity contribution in [2.45, 2.75) is 13.8 Å². The van der Waals surface area contributed by atoms with E-state index < -0.39 is 17.8 Å². The number of nitrogens with zero attached hydrogens (tertiary/aromatic N) is 2. The summed E-state index contributed by atoms with van der Waals surface area (Å²) in [4.78, 5) is 27.1. The molecule has 0 saturated carbocycles. The maximum Gasteiger partial charge on any atom is 0.319 e. The summed E-state index contributed by atoms with van der Waals surface area (Å²) in [6, 6.07) is 15.8. The van der Waals surface area contributed by atoms with E-state index in [-0.39, 0.29) is 27.3 Å². The minimum atomic E-state index is -0.646. The van der Waals surface area contributed by atoms with Crippen LogP contribution in [0.5, 0.6) is 0 Å². The van der Waals surface area contributed by atoms with Crippen LogP contribution < -0.4 is 21.4 Å². The van der Waals surface area contributed by atoms with Gasteiger partial charge in [-0.05, 0) is 48.0 Å². The van der Waals surface area contributed by atoms with Crippen LogP contribution >= 0.6 is 0 Å². The Bertz CT molecular complexity index is 1130. The fourth-order valence-corrected chi connectivity index (χ4v) is 2.79. The number of anilines is 2. The first-order valence-electron chi connectivity index (χ1n) is 10.7. The fourth-order valence-electron chi connectivity index (χ4n) is 2.79. The summed E-state index contributed by atoms with van der Waals surface area (Å²) in [5.74, 6) is -1.18. The molecule has 0 atom stereocenters. The van der Waals surface area contributed by atoms with Crippen molar-refractivity contribution in [2.75, 3.05) is 23.5 Å². The Labute approximate surface area is 200 Å². The first kappa shape index (κ1) is 26.0. The monoisotopic (exact) mass is 469 g/mol. The normalized spacial score (nSPS) is 10.2. The summed E-state index contributed by atoms with van der Waals surface area (Å²) in [7, 11) is 0. The number of hydrogen-bond donors (Lipinski definition) is 4. The Hall–Kier alpha value is -4.24. The largest absolute Gasteiger partial charge is 0.364 e. The van der Waals surface area contributed by atoms with Gasteiger partial charge in [0.1, 0.15) is 11.5 Å². The van der Waals surface area contributed by atoms with E-state index in [1.807, 2.05) is 19.9 Å². The van der Waals surface area contributed by atoms with Gasteiger partial charge in [0.2, 0.25) is 0 Å². The number of primary amides is 1. The number of para-hydroxylation sites is 1. The predicted octanol–water partition coefficient (Wildman–Crippen LogP) is 5.03. The summed E-state index contributed by atoms with van der Waals surface area (Å²) in [5.41, 5.74) is 7.15. The van der Waals surface area contributed by atoms with E-state index >= 15 is 0 Å². The topological polar surface area (TPSA) is 121 Å². The quantitative estimate of drug-likeness (QED) is 0.345. The molecule has 34 heavy (non-hydrogen) atoms. The predicted molar refractivity (Wildman–Crippen MR) is 136 cm³/mol. The van der Waals surface area contributed by atoms with Crippen molar-refractivity contribution in [1.29, 1.82) is 0 Å². The van der Waals surface area contributed by atoms with E-state index in [2.05, 4.69) is 15.6 Å². The van der Waals surface area contributed by atoms with Gasteiger partial charge >= 0.3 is 6.03 Å². The van der Waals surface area contributed by atoms with Gasteiger partial charge in [0.05, 0.1) is 12.2 Å². The molecule has 8 nitrogen and oxygen atoms in total. The second-order valence-electron chi connectivity index (χ2n) is 6.75. The molecular weight excluding hydrogens is 437 g/mol. The molecule has 3 rings (SSSR count). The molecular formula is C25H32FN5O3. The third-order valence-electron chi connectivity index (χ3n) is 4.41. The van der Waals surface area contributed by atoms with Crippen LogP contribution in [0, 0.1) is 5.82 Å². The van der Waals surface area contributed by atoms with E-state index in [0.29, 0.717) is 16.8 Å². The van der Waals surface area contributed by atoms with E-state index in [9.17, 15) is 19.2 Å². The first-order valence-corrected chi connectivity index (χ1v) is 10.7. The van der Waals surface area contributed by atoms with Crippen molar-refractivity contribution < 1.29 is 22.0 Å². The molecule has 0 fully saturated rings. The molecule has 9 heteroatoms. The van der Waals surface area contributed by atoms with Gasteiger partial charge < -0.3 is 16.4 Å². The van der Waals surface area contributed by atoms with Crippen molar-refractivity contribution in [3.8, 4) is 0 Å². The van der Waals surface area contributed by atoms with Crippen LogP contribution in [-0.4, -0.2) is 35.2 Å². The second kappa shape index (κ2) is 13.3. The first-order chi connectivity index (χ1) is 16.4. The third kappa shape index (κ3) is 8.03. The lowest BCUT2D eigenvalue weighted by molar-refractivity contribution is 0.0995. The van der Waals surface area contributed by atoms with E-state index in [1.165, 1.54) is 24.4 Å². The van der Waals surface area contributed by atoms with Crippen LogP contribution in [0.15, 0.2) is 66.9 Å². The summed E-state index contributed by atoms with van der Waals surface area (Å²) < 4.78 is 14.4. The van der Waals surface area contributed by atoms with E-state index in [4.69, 9.17) is 5.73 Å². The summed E-state index contributed by atoms with van der Waals surface area (Å²) in [6.45, 7) is 4.36. The molecule has 0 aliphatic rings. The molecule has 0 aliphatic carbocycles. The summed E-state index contributed by atoms with van der Waals surface area (Å²) in [6.07, 6.45) is 4.61. The number of hydrogen-bond acceptors (Lipinski definition) is 5. The number of nitrogens with one attached hydrogen (secondary N) is 2. The minimum Gasteiger partial charge on any atom is -0.364 e. The number of halogens is 1. The van der Waals surface area contributed by atoms with Crippen LogP contribution in [0.25, 0.3) is 12.2 Å². The molecule has 0 unspecified atom stereocenters. The maximum atomic E-state index is 14.4. The minimum absolute atomic E-state index is 0. The average molecular weight is 470 g/mol. The number of urea groups is 1. The molecule has 1 heterocycles. The lowest BCUT2D eigenvalue weighted by Crippen LogP contribution is -2.35. The number of carbonyl (C=O) groups is 2. The Morgan fingerprint density at radius 3 is 2.53 bits per heavy atom. The molecule has 0 radical (unpaired) electrons. The van der Waals surface area contributed by atoms with Gasteiger partial charge in [0, 0.05) is 26.8 Å². The zero-order valence-corrected chi connectivity index (χ0v) is 19.0. The maximum absolute atomic E-state index is 14.4. The number of nitrogens with two attached hydrogens (primary N) is 1. The molecule has 3 aromatic rings. The highest BCUT2D eigenvalue weighted by Crippen LogP contribution is 2.17. The summed E-state index contributed by atoms with van der Waals surface area (Å²) >= 11 is 0. The van der Waals surface area contributed by atoms with Gasteiger partial charge in [-0.2, -0.15) is 0 Å². The average Bonchev–Trinajstić information content (AvgIpc) is 2.85. The van der Waals surface area contributed by atoms with Crippen molar-refractivity contribution >= 4 is 35.5 Å². The number of hydroxylamine groups is 1. The molecule has 2 aromatic carbocycles. The van der Waals surface area contributed by atoms with Crippen molar-refractivity contribution in [2.24, 2.45) is 5.73 Å². The molecule has 0 saturated heterocycles. The van der Waals surface area contributed by atoms with Crippen LogP contribution in [0.3, 0.4) is 0 Å². The Balaban J connectivity index is 0.00000299. The highest BCUT2D eigenvalue weighted by Gasteiger charge is 2.07. The summed E-state index contributed by atoms with van der Waals surface area (Å²) in [5, 5.41) is 16.1. The molecule has 5 N–H and O–H groups in total. The zero-order chi connectivity index (χ0) is 24.9. The second-order valence-corrected chi connectivity index (χ2v) is 6.75. The number of aromatic nitrogens is 1. The smallest absolute Gasteiger partial charge is 0.319 e. The van der Waals surface area contributed by atoms with Crippen molar-refractivity contribution in [1.82, 2.24) is 10.3 Å². The molecule has 0 aliphatic heterocycles. The third-order valence-corrected chi connectivity index (χ3v) is 4.41. The van der Waals surface area contributed by atoms with Crippen molar-refractivity contribution in [3.63, 3.8) is 0 Å². The highest BCUT2D eigenvalue weighted by atomic mass is 19.1. The number of rotatable bonds is 8. The molecule has 0 bridgehead atoms. The SMILES string of the molecule is CC.NC(=O)c1cc(C=Cc2ccc(NC(=O)NCCN(O)c3ccccc3)cc2F)ccn1.[HH].[HH]. The van der Waals surface area contributed by atoms with Crippen LogP contribution in [0.1, 0.15) is 38.3 Å². The number of amides is 3. The Kier molecular flexibility index (Phi) is 10.2. The van der Waals surface area contributed by atoms with Crippen LogP contribution in [0.2, 0.25) is 0 Å². The van der Waals surface area contributed by atoms with Gasteiger partial charge in [-0.15, -0.1) is 0 Å². The Morgan fingerprint density at radius 1 is 1.12 bits per heavy atom. The van der Waals surface area contributed by atoms with Gasteiger partial charge in [-0.25, -0.2) is 9.18 Å². The standard InChI is InChI=1S/C23H22FN5O3.C2H6.2H2/c24-20-15-18(28-23(31)27-12-13-29(32)19-4-2-1-3-5-19)9-8-17(20)7-6-16-10-11-26-21(14-16)22(25)30;1-2;;/h1-11,14-15,32H,12-13H2,(H2,25,30)(H2,27,28,31);1-2H3;2*1H. The van der Waals surface area contributed by atoms with Crippen molar-refractivity contribution in [3.05, 3.63) is 89.5 Å². The number of benzene rings is 2. The lowest BCUT2D eigenvalue weighted by Gasteiger charge is -2.17. The van der Waals surface area contributed by atoms with Gasteiger partial charge in [0.15, 0.2) is 0 Å². The molecule has 182 valence electrons. The zero-order valence-electron chi connectivity index (χ0n) is 19.0. The van der Waals surface area contributed by atoms with Gasteiger partial charge in [0.25, 0.3) is 5.91 Å². The lowest BCUT2D eigenvalue weighted by atomic mass is 10.1.